The molecule has 0 aromatic rings. The lowest BCUT2D eigenvalue weighted by Gasteiger charge is -2.72. The Morgan fingerprint density at radius 2 is 1.20 bits per heavy atom. The Labute approximate surface area is 478 Å². The van der Waals surface area contributed by atoms with Gasteiger partial charge in [-0.25, -0.2) is 4.79 Å². The molecule has 5 aliphatic carbocycles. The van der Waals surface area contributed by atoms with E-state index in [2.05, 4.69) is 40.7 Å². The van der Waals surface area contributed by atoms with Crippen LogP contribution in [0.25, 0.3) is 0 Å². The normalized spacial score (nSPS) is 52.1. The van der Waals surface area contributed by atoms with Gasteiger partial charge in [0, 0.05) is 11.0 Å². The highest BCUT2D eigenvalue weighted by atomic mass is 16.7. The summed E-state index contributed by atoms with van der Waals surface area (Å²) < 4.78 is 53.2. The number of fused-ring (bicyclic) bond motifs is 7. The zero-order valence-electron chi connectivity index (χ0n) is 48.6. The van der Waals surface area contributed by atoms with E-state index in [1.54, 1.807) is 19.9 Å². The van der Waals surface area contributed by atoms with Crippen LogP contribution in [-0.2, 0) is 47.4 Å². The van der Waals surface area contributed by atoms with Crippen molar-refractivity contribution in [3.8, 4) is 0 Å². The fourth-order valence-corrected chi connectivity index (χ4v) is 16.8. The second-order valence-corrected chi connectivity index (χ2v) is 27.5. The van der Waals surface area contributed by atoms with Crippen LogP contribution >= 0.6 is 0 Å². The number of aliphatic hydroxyl groups is 14. The van der Waals surface area contributed by atoms with Crippen molar-refractivity contribution in [1.82, 2.24) is 0 Å². The summed E-state index contributed by atoms with van der Waals surface area (Å²) in [5, 5.41) is 153. The lowest BCUT2D eigenvalue weighted by atomic mass is 9.33. The zero-order valence-corrected chi connectivity index (χ0v) is 48.6. The average molecular weight is 1180 g/mol. The molecule has 29 unspecified atom stereocenters. The molecule has 24 nitrogen and oxygen atoms in total. The van der Waals surface area contributed by atoms with E-state index in [-0.39, 0.29) is 53.8 Å². The van der Waals surface area contributed by atoms with E-state index in [1.807, 2.05) is 13.8 Å². The third kappa shape index (κ3) is 10.8. The van der Waals surface area contributed by atoms with E-state index in [9.17, 15) is 76.3 Å². The van der Waals surface area contributed by atoms with Crippen LogP contribution in [0.5, 0.6) is 0 Å². The number of allylic oxidation sites excluding steroid dienone is 3. The zero-order chi connectivity index (χ0) is 60.1. The molecular weight excluding hydrogens is 1080 g/mol. The lowest BCUT2D eigenvalue weighted by Crippen LogP contribution is -2.68. The molecule has 4 saturated heterocycles. The topological polar surface area (TPSA) is 383 Å². The molecule has 0 bridgehead atoms. The summed E-state index contributed by atoms with van der Waals surface area (Å²) in [6, 6.07) is 0. The van der Waals surface area contributed by atoms with Gasteiger partial charge in [-0.1, -0.05) is 66.2 Å². The highest BCUT2D eigenvalue weighted by Crippen LogP contribution is 2.76. The maximum absolute atomic E-state index is 12.7. The summed E-state index contributed by atoms with van der Waals surface area (Å²) in [5.41, 5.74) is -1.72. The summed E-state index contributed by atoms with van der Waals surface area (Å²) in [7, 11) is 0. The molecule has 0 aromatic carbocycles. The van der Waals surface area contributed by atoms with E-state index in [0.717, 1.165) is 25.7 Å². The Kier molecular flexibility index (Phi) is 18.8. The molecule has 29 atom stereocenters. The molecule has 24 heteroatoms. The van der Waals surface area contributed by atoms with Gasteiger partial charge in [0.2, 0.25) is 0 Å². The molecule has 470 valence electrons. The number of carbonyl (C=O) groups is 1. The molecule has 8 fully saturated rings. The van der Waals surface area contributed by atoms with Crippen LogP contribution in [0.2, 0.25) is 0 Å². The largest absolute Gasteiger partial charge is 0.453 e. The van der Waals surface area contributed by atoms with Crippen molar-refractivity contribution in [2.75, 3.05) is 33.0 Å². The van der Waals surface area contributed by atoms with Gasteiger partial charge in [-0.05, 0) is 110 Å². The van der Waals surface area contributed by atoms with Crippen molar-refractivity contribution >= 4 is 5.97 Å². The molecule has 4 saturated carbocycles. The summed E-state index contributed by atoms with van der Waals surface area (Å²) in [5.74, 6) is -0.728. The van der Waals surface area contributed by atoms with E-state index < -0.39 is 182 Å². The van der Waals surface area contributed by atoms with Crippen LogP contribution in [0.1, 0.15) is 114 Å². The first kappa shape index (κ1) is 64.5. The van der Waals surface area contributed by atoms with E-state index in [0.29, 0.717) is 19.3 Å². The molecular formula is C58H94O24. The van der Waals surface area contributed by atoms with Crippen LogP contribution in [0.15, 0.2) is 23.3 Å². The molecule has 14 N–H and O–H groups in total. The number of ether oxygens (including phenoxy) is 9. The van der Waals surface area contributed by atoms with Gasteiger partial charge >= 0.3 is 5.97 Å². The van der Waals surface area contributed by atoms with Gasteiger partial charge in [-0.2, -0.15) is 0 Å². The first-order chi connectivity index (χ1) is 38.4. The predicted octanol–water partition coefficient (Wildman–Crippen LogP) is -1.46. The second kappa shape index (κ2) is 23.9. The molecule has 82 heavy (non-hydrogen) atoms. The maximum Gasteiger partial charge on any atom is 0.333 e. The number of hydrogen-bond donors (Lipinski definition) is 14. The first-order valence-electron chi connectivity index (χ1n) is 29.4. The van der Waals surface area contributed by atoms with Gasteiger partial charge in [0.25, 0.3) is 0 Å². The smallest absolute Gasteiger partial charge is 0.333 e. The number of hydrogen-bond acceptors (Lipinski definition) is 24. The quantitative estimate of drug-likeness (QED) is 0.0409. The minimum atomic E-state index is -1.81. The van der Waals surface area contributed by atoms with E-state index in [4.69, 9.17) is 42.6 Å². The molecule has 0 spiro atoms. The Balaban J connectivity index is 0.865. The van der Waals surface area contributed by atoms with E-state index in [1.165, 1.54) is 5.57 Å². The number of aliphatic hydroxyl groups excluding tert-OH is 14. The minimum absolute atomic E-state index is 0.0940. The third-order valence-corrected chi connectivity index (χ3v) is 22.3. The average Bonchev–Trinajstić information content (AvgIpc) is 0.827. The van der Waals surface area contributed by atoms with Gasteiger partial charge in [0.1, 0.15) is 85.5 Å². The van der Waals surface area contributed by atoms with Crippen molar-refractivity contribution in [3.05, 3.63) is 23.3 Å². The monoisotopic (exact) mass is 1170 g/mol. The summed E-state index contributed by atoms with van der Waals surface area (Å²) in [6.07, 6.45) is -23.1. The summed E-state index contributed by atoms with van der Waals surface area (Å²) in [6.45, 7) is 16.2. The van der Waals surface area contributed by atoms with Gasteiger partial charge in [-0.15, -0.1) is 0 Å². The molecule has 4 heterocycles. The first-order valence-corrected chi connectivity index (χ1v) is 29.4. The number of carbonyl (C=O) groups excluding carboxylic acids is 1. The van der Waals surface area contributed by atoms with E-state index >= 15 is 0 Å². The molecule has 4 aliphatic heterocycles. The maximum atomic E-state index is 12.7. The van der Waals surface area contributed by atoms with Gasteiger partial charge in [0.05, 0.1) is 51.3 Å². The van der Waals surface area contributed by atoms with Crippen molar-refractivity contribution in [2.45, 2.75) is 249 Å². The number of rotatable bonds is 14. The van der Waals surface area contributed by atoms with Gasteiger partial charge in [0.15, 0.2) is 31.3 Å². The van der Waals surface area contributed by atoms with Crippen LogP contribution in [-0.4, -0.2) is 246 Å². The fraction of sp³-hybridized carbons (Fsp3) is 0.914. The van der Waals surface area contributed by atoms with Crippen molar-refractivity contribution in [3.63, 3.8) is 0 Å². The molecule has 0 aromatic heterocycles. The fourth-order valence-electron chi connectivity index (χ4n) is 16.8. The van der Waals surface area contributed by atoms with Crippen molar-refractivity contribution < 1.29 is 119 Å². The van der Waals surface area contributed by atoms with Gasteiger partial charge in [-0.3, -0.25) is 0 Å². The molecule has 0 amide bonds. The SMILES string of the molecule is CC=C(C)C(=O)OC1C(CO)OC(OC2CC3(CO)C(O)CC4(C)C(=CCC5C6(C)CCC(OC7OC(COC8OC(COC9OCC(O)C(O)C9O)C(O)C(O)C8O)C(O)C(O)C7O)C(C)(C)C6CCC54C)C3CC2(C)C)C(O)C1O. The Bertz CT molecular complexity index is 2300. The standard InChI is InChI=1S/C58H94O24/c1-10-25(2)48(73)82-47-29(20-59)77-52(46(72)42(47)68)81-36-19-58(24-60)27(17-53(36,3)4)26-11-12-33-55(7)15-14-35(54(5,6)32(55)13-16-56(33,8)57(26,9)18-34(58)62)80-51-45(71)41(67)39(65)31(79-51)23-76-50-44(70)40(66)38(64)30(78-50)22-75-49-43(69)37(63)28(61)21-74-49/h10-11,27-47,49-52,59-72H,12-24H2,1-9H3. The van der Waals surface area contributed by atoms with Crippen LogP contribution in [0, 0.1) is 50.2 Å². The highest BCUT2D eigenvalue weighted by molar-refractivity contribution is 5.87. The third-order valence-electron chi connectivity index (χ3n) is 22.3. The Morgan fingerprint density at radius 3 is 1.80 bits per heavy atom. The summed E-state index contributed by atoms with van der Waals surface area (Å²) in [4.78, 5) is 12.7. The minimum Gasteiger partial charge on any atom is -0.453 e. The highest BCUT2D eigenvalue weighted by Gasteiger charge is 2.71. The van der Waals surface area contributed by atoms with Crippen molar-refractivity contribution in [2.24, 2.45) is 50.2 Å². The number of esters is 1. The lowest BCUT2D eigenvalue weighted by molar-refractivity contribution is -0.348. The summed E-state index contributed by atoms with van der Waals surface area (Å²) >= 11 is 0. The Morgan fingerprint density at radius 1 is 0.634 bits per heavy atom. The molecule has 0 radical (unpaired) electrons. The molecule has 9 aliphatic rings. The second-order valence-electron chi connectivity index (χ2n) is 27.5. The van der Waals surface area contributed by atoms with Crippen LogP contribution in [0.4, 0.5) is 0 Å². The van der Waals surface area contributed by atoms with Gasteiger partial charge < -0.3 is 114 Å². The van der Waals surface area contributed by atoms with Crippen molar-refractivity contribution in [1.29, 1.82) is 0 Å². The van der Waals surface area contributed by atoms with Crippen LogP contribution in [0.3, 0.4) is 0 Å². The Hall–Kier alpha value is -1.93. The predicted molar refractivity (Wildman–Crippen MR) is 283 cm³/mol. The molecule has 9 rings (SSSR count). The van der Waals surface area contributed by atoms with Crippen LogP contribution < -0.4 is 0 Å².